The summed E-state index contributed by atoms with van der Waals surface area (Å²) in [4.78, 5) is 1.08. The second kappa shape index (κ2) is 8.51. The Hall–Kier alpha value is -0.580. The molecule has 0 aromatic heterocycles. The van der Waals surface area contributed by atoms with Crippen LogP contribution in [0.5, 0.6) is 0 Å². The first-order valence-corrected chi connectivity index (χ1v) is 7.48. The zero-order chi connectivity index (χ0) is 13.4. The van der Waals surface area contributed by atoms with Gasteiger partial charge in [0.15, 0.2) is 0 Å². The summed E-state index contributed by atoms with van der Waals surface area (Å²) in [5.74, 6) is 6.99. The van der Waals surface area contributed by atoms with Crippen LogP contribution in [0.3, 0.4) is 0 Å². The number of thioether (sulfide) groups is 1. The van der Waals surface area contributed by atoms with Crippen molar-refractivity contribution in [2.24, 2.45) is 11.8 Å². The summed E-state index contributed by atoms with van der Waals surface area (Å²) in [7, 11) is 0. The standard InChI is InChI=1S/C14H23FN2S/c1-3-4-11(2)9-13(17-16)10-18-14-7-5-12(15)6-8-14/h5-8,11,13,17H,3-4,9-10,16H2,1-2H3. The maximum atomic E-state index is 12.8. The molecule has 4 heteroatoms. The average molecular weight is 270 g/mol. The summed E-state index contributed by atoms with van der Waals surface area (Å²) in [5, 5.41) is 0. The van der Waals surface area contributed by atoms with Crippen molar-refractivity contribution in [1.82, 2.24) is 5.43 Å². The van der Waals surface area contributed by atoms with E-state index in [1.807, 2.05) is 12.1 Å². The van der Waals surface area contributed by atoms with E-state index in [0.29, 0.717) is 12.0 Å². The molecule has 1 aromatic carbocycles. The van der Waals surface area contributed by atoms with Gasteiger partial charge in [0.2, 0.25) is 0 Å². The maximum Gasteiger partial charge on any atom is 0.123 e. The van der Waals surface area contributed by atoms with Crippen molar-refractivity contribution in [2.45, 2.75) is 44.0 Å². The Kier molecular flexibility index (Phi) is 7.32. The molecule has 3 N–H and O–H groups in total. The van der Waals surface area contributed by atoms with E-state index in [1.54, 1.807) is 11.8 Å². The molecule has 0 aliphatic heterocycles. The highest BCUT2D eigenvalue weighted by molar-refractivity contribution is 7.99. The normalized spacial score (nSPS) is 14.4. The Labute approximate surface area is 113 Å². The lowest BCUT2D eigenvalue weighted by Crippen LogP contribution is -2.38. The van der Waals surface area contributed by atoms with Gasteiger partial charge >= 0.3 is 0 Å². The smallest absolute Gasteiger partial charge is 0.123 e. The SMILES string of the molecule is CCCC(C)CC(CSc1ccc(F)cc1)NN. The van der Waals surface area contributed by atoms with Gasteiger partial charge in [-0.3, -0.25) is 11.3 Å². The van der Waals surface area contributed by atoms with Gasteiger partial charge in [-0.25, -0.2) is 4.39 Å². The van der Waals surface area contributed by atoms with Crippen LogP contribution in [0.1, 0.15) is 33.1 Å². The highest BCUT2D eigenvalue weighted by Gasteiger charge is 2.11. The largest absolute Gasteiger partial charge is 0.271 e. The summed E-state index contributed by atoms with van der Waals surface area (Å²) in [6.45, 7) is 4.46. The van der Waals surface area contributed by atoms with Crippen molar-refractivity contribution in [3.05, 3.63) is 30.1 Å². The molecule has 0 bridgehead atoms. The van der Waals surface area contributed by atoms with E-state index >= 15 is 0 Å². The first-order chi connectivity index (χ1) is 8.65. The lowest BCUT2D eigenvalue weighted by molar-refractivity contribution is 0.408. The van der Waals surface area contributed by atoms with Gasteiger partial charge in [0, 0.05) is 16.7 Å². The van der Waals surface area contributed by atoms with Crippen LogP contribution in [0.25, 0.3) is 0 Å². The van der Waals surface area contributed by atoms with E-state index in [-0.39, 0.29) is 5.82 Å². The van der Waals surface area contributed by atoms with Crippen molar-refractivity contribution in [3.8, 4) is 0 Å². The van der Waals surface area contributed by atoms with E-state index in [9.17, 15) is 4.39 Å². The van der Waals surface area contributed by atoms with Crippen molar-refractivity contribution in [2.75, 3.05) is 5.75 Å². The molecule has 0 amide bonds. The van der Waals surface area contributed by atoms with E-state index < -0.39 is 0 Å². The predicted octanol–water partition coefficient (Wildman–Crippen LogP) is 3.58. The van der Waals surface area contributed by atoms with Gasteiger partial charge in [0.25, 0.3) is 0 Å². The van der Waals surface area contributed by atoms with Crippen LogP contribution in [-0.2, 0) is 0 Å². The van der Waals surface area contributed by atoms with Crippen LogP contribution >= 0.6 is 11.8 Å². The number of hydrogen-bond donors (Lipinski definition) is 2. The molecule has 0 heterocycles. The number of hydrogen-bond acceptors (Lipinski definition) is 3. The van der Waals surface area contributed by atoms with E-state index in [4.69, 9.17) is 5.84 Å². The molecule has 102 valence electrons. The Balaban J connectivity index is 2.37. The fraction of sp³-hybridized carbons (Fsp3) is 0.571. The fourth-order valence-electron chi connectivity index (χ4n) is 2.01. The Bertz CT molecular complexity index is 329. The molecule has 1 aromatic rings. The fourth-order valence-corrected chi connectivity index (χ4v) is 2.96. The zero-order valence-corrected chi connectivity index (χ0v) is 12.0. The minimum absolute atomic E-state index is 0.190. The van der Waals surface area contributed by atoms with E-state index in [1.165, 1.54) is 25.0 Å². The van der Waals surface area contributed by atoms with Crippen LogP contribution in [0.4, 0.5) is 4.39 Å². The quantitative estimate of drug-likeness (QED) is 0.431. The second-order valence-corrected chi connectivity index (χ2v) is 5.85. The molecule has 2 nitrogen and oxygen atoms in total. The van der Waals surface area contributed by atoms with Crippen molar-refractivity contribution < 1.29 is 4.39 Å². The van der Waals surface area contributed by atoms with Gasteiger partial charge in [-0.2, -0.15) is 0 Å². The number of nitrogens with one attached hydrogen (secondary N) is 1. The molecule has 0 saturated heterocycles. The average Bonchev–Trinajstić information content (AvgIpc) is 2.36. The molecule has 2 atom stereocenters. The third kappa shape index (κ3) is 5.85. The molecule has 0 aliphatic carbocycles. The first kappa shape index (κ1) is 15.5. The molecule has 1 rings (SSSR count). The van der Waals surface area contributed by atoms with Crippen LogP contribution in [0, 0.1) is 11.7 Å². The van der Waals surface area contributed by atoms with Crippen LogP contribution in [0.15, 0.2) is 29.2 Å². The van der Waals surface area contributed by atoms with Gasteiger partial charge in [-0.15, -0.1) is 11.8 Å². The number of benzene rings is 1. The molecule has 0 saturated carbocycles. The molecule has 0 fully saturated rings. The number of nitrogens with two attached hydrogens (primary N) is 1. The van der Waals surface area contributed by atoms with Crippen molar-refractivity contribution in [1.29, 1.82) is 0 Å². The summed E-state index contributed by atoms with van der Waals surface area (Å²) in [5.41, 5.74) is 2.88. The number of halogens is 1. The van der Waals surface area contributed by atoms with Gasteiger partial charge in [0.05, 0.1) is 0 Å². The minimum atomic E-state index is -0.190. The second-order valence-electron chi connectivity index (χ2n) is 4.76. The Morgan fingerprint density at radius 3 is 2.56 bits per heavy atom. The molecule has 0 aliphatic rings. The maximum absolute atomic E-state index is 12.8. The highest BCUT2D eigenvalue weighted by atomic mass is 32.2. The van der Waals surface area contributed by atoms with Gasteiger partial charge in [-0.1, -0.05) is 26.7 Å². The van der Waals surface area contributed by atoms with Gasteiger partial charge in [-0.05, 0) is 36.6 Å². The molecule has 2 unspecified atom stereocenters. The third-order valence-electron chi connectivity index (χ3n) is 2.97. The van der Waals surface area contributed by atoms with Crippen molar-refractivity contribution >= 4 is 11.8 Å². The monoisotopic (exact) mass is 270 g/mol. The topological polar surface area (TPSA) is 38.0 Å². The summed E-state index contributed by atoms with van der Waals surface area (Å²) in [6, 6.07) is 6.91. The number of rotatable bonds is 8. The van der Waals surface area contributed by atoms with Crippen LogP contribution in [0.2, 0.25) is 0 Å². The van der Waals surface area contributed by atoms with E-state index in [0.717, 1.165) is 17.1 Å². The van der Waals surface area contributed by atoms with Crippen LogP contribution in [-0.4, -0.2) is 11.8 Å². The lowest BCUT2D eigenvalue weighted by atomic mass is 9.98. The predicted molar refractivity (Wildman–Crippen MR) is 76.9 cm³/mol. The van der Waals surface area contributed by atoms with E-state index in [2.05, 4.69) is 19.3 Å². The molecule has 0 radical (unpaired) electrons. The molecular formula is C14H23FN2S. The molecular weight excluding hydrogens is 247 g/mol. The summed E-state index contributed by atoms with van der Waals surface area (Å²) >= 11 is 1.71. The molecule has 18 heavy (non-hydrogen) atoms. The minimum Gasteiger partial charge on any atom is -0.271 e. The number of hydrazine groups is 1. The van der Waals surface area contributed by atoms with Gasteiger partial charge < -0.3 is 0 Å². The Morgan fingerprint density at radius 2 is 2.00 bits per heavy atom. The zero-order valence-electron chi connectivity index (χ0n) is 11.2. The third-order valence-corrected chi connectivity index (χ3v) is 4.14. The van der Waals surface area contributed by atoms with Crippen molar-refractivity contribution in [3.63, 3.8) is 0 Å². The Morgan fingerprint density at radius 1 is 1.33 bits per heavy atom. The lowest BCUT2D eigenvalue weighted by Gasteiger charge is -2.19. The molecule has 0 spiro atoms. The van der Waals surface area contributed by atoms with Gasteiger partial charge in [0.1, 0.15) is 5.82 Å². The van der Waals surface area contributed by atoms with Crippen LogP contribution < -0.4 is 11.3 Å². The first-order valence-electron chi connectivity index (χ1n) is 6.50. The summed E-state index contributed by atoms with van der Waals surface area (Å²) in [6.07, 6.45) is 3.53. The summed E-state index contributed by atoms with van der Waals surface area (Å²) < 4.78 is 12.8. The highest BCUT2D eigenvalue weighted by Crippen LogP contribution is 2.21.